The van der Waals surface area contributed by atoms with E-state index in [1.165, 1.54) is 5.57 Å². The lowest BCUT2D eigenvalue weighted by Gasteiger charge is -2.29. The molecule has 1 aliphatic heterocycles. The summed E-state index contributed by atoms with van der Waals surface area (Å²) in [5.41, 5.74) is 3.42. The fourth-order valence-corrected chi connectivity index (χ4v) is 4.77. The Bertz CT molecular complexity index is 1010. The van der Waals surface area contributed by atoms with Gasteiger partial charge in [-0.2, -0.15) is 5.10 Å². The van der Waals surface area contributed by atoms with Gasteiger partial charge in [-0.1, -0.05) is 33.3 Å². The Labute approximate surface area is 184 Å². The number of aromatic nitrogens is 2. The molecule has 31 heavy (non-hydrogen) atoms. The van der Waals surface area contributed by atoms with E-state index >= 15 is 0 Å². The number of hydrogen-bond donors (Lipinski definition) is 2. The molecule has 7 heteroatoms. The van der Waals surface area contributed by atoms with Gasteiger partial charge in [0.15, 0.2) is 5.69 Å². The molecule has 1 saturated carbocycles. The van der Waals surface area contributed by atoms with Gasteiger partial charge in [0.1, 0.15) is 11.9 Å². The van der Waals surface area contributed by atoms with E-state index in [4.69, 9.17) is 5.10 Å². The number of nitrogens with one attached hydrogen (secondary N) is 2. The maximum atomic E-state index is 13.3. The second-order valence-corrected chi connectivity index (χ2v) is 10.0. The summed E-state index contributed by atoms with van der Waals surface area (Å²) < 4.78 is 1.89. The van der Waals surface area contributed by atoms with Crippen LogP contribution < -0.4 is 10.6 Å². The minimum atomic E-state index is -0.645. The van der Waals surface area contributed by atoms with E-state index in [0.29, 0.717) is 23.4 Å². The van der Waals surface area contributed by atoms with Crippen LogP contribution in [0.1, 0.15) is 75.1 Å². The number of aliphatic imine (C=N–C) groups is 1. The minimum Gasteiger partial charge on any atom is -0.357 e. The van der Waals surface area contributed by atoms with Crippen molar-refractivity contribution in [2.75, 3.05) is 7.05 Å². The number of fused-ring (bicyclic) bond motifs is 3. The average molecular weight is 424 g/mol. The van der Waals surface area contributed by atoms with Crippen molar-refractivity contribution in [3.8, 4) is 0 Å². The van der Waals surface area contributed by atoms with E-state index in [2.05, 4.69) is 35.5 Å². The summed E-state index contributed by atoms with van der Waals surface area (Å²) in [6, 6.07) is -0.645. The lowest BCUT2D eigenvalue weighted by molar-refractivity contribution is -0.124. The second kappa shape index (κ2) is 7.77. The summed E-state index contributed by atoms with van der Waals surface area (Å²) in [6.45, 7) is 10.1. The van der Waals surface area contributed by atoms with Gasteiger partial charge in [0.05, 0.1) is 5.69 Å². The summed E-state index contributed by atoms with van der Waals surface area (Å²) >= 11 is 0. The zero-order valence-electron chi connectivity index (χ0n) is 19.3. The van der Waals surface area contributed by atoms with Crippen LogP contribution in [0, 0.1) is 17.3 Å². The third-order valence-electron chi connectivity index (χ3n) is 6.76. The standard InChI is InChI=1S/C24H33N5O2/c1-7-14-12-18(26-9-8-13(14)2)29-20-16-10-15(16)11-17(20)19(28-29)22(30)27-21(23(31)25-6)24(3,4)5/h8-9,12,14-16,21H,7,10-11H2,1-6H3,(H,25,31)(H,27,30). The molecule has 0 radical (unpaired) electrons. The van der Waals surface area contributed by atoms with Gasteiger partial charge in [-0.3, -0.25) is 9.59 Å². The van der Waals surface area contributed by atoms with Gasteiger partial charge in [-0.25, -0.2) is 9.67 Å². The second-order valence-electron chi connectivity index (χ2n) is 10.0. The molecule has 1 aromatic rings. The van der Waals surface area contributed by atoms with Gasteiger partial charge in [0.25, 0.3) is 5.91 Å². The molecule has 0 bridgehead atoms. The van der Waals surface area contributed by atoms with Crippen LogP contribution in [-0.2, 0) is 11.2 Å². The number of hydrogen-bond acceptors (Lipinski definition) is 4. The van der Waals surface area contributed by atoms with Crippen LogP contribution in [0.2, 0.25) is 0 Å². The first kappa shape index (κ1) is 21.5. The Morgan fingerprint density at radius 2 is 2.06 bits per heavy atom. The Morgan fingerprint density at radius 3 is 2.71 bits per heavy atom. The van der Waals surface area contributed by atoms with E-state index in [0.717, 1.165) is 36.3 Å². The maximum Gasteiger partial charge on any atom is 0.272 e. The van der Waals surface area contributed by atoms with Crippen LogP contribution in [0.5, 0.6) is 0 Å². The van der Waals surface area contributed by atoms with Gasteiger partial charge >= 0.3 is 0 Å². The molecule has 0 saturated heterocycles. The van der Waals surface area contributed by atoms with Crippen LogP contribution in [-0.4, -0.2) is 40.9 Å². The van der Waals surface area contributed by atoms with Crippen molar-refractivity contribution in [3.63, 3.8) is 0 Å². The van der Waals surface area contributed by atoms with Gasteiger partial charge in [0.2, 0.25) is 5.91 Å². The topological polar surface area (TPSA) is 88.4 Å². The molecule has 3 aliphatic rings. The average Bonchev–Trinajstić information content (AvgIpc) is 3.29. The fraction of sp³-hybridized carbons (Fsp3) is 0.583. The number of allylic oxidation sites excluding steroid dienone is 3. The SMILES string of the molecule is CCC1C=C(n2nc(C(=O)NC(C(=O)NC)C(C)(C)C)c3c2C2CC2C3)N=CC=C1C. The van der Waals surface area contributed by atoms with Gasteiger partial charge < -0.3 is 10.6 Å². The van der Waals surface area contributed by atoms with Crippen molar-refractivity contribution in [1.82, 2.24) is 20.4 Å². The van der Waals surface area contributed by atoms with Crippen molar-refractivity contribution in [2.45, 2.75) is 65.8 Å². The van der Waals surface area contributed by atoms with Crippen LogP contribution in [0.25, 0.3) is 5.82 Å². The normalized spacial score (nSPS) is 25.0. The van der Waals surface area contributed by atoms with Crippen LogP contribution in [0.4, 0.5) is 0 Å². The highest BCUT2D eigenvalue weighted by molar-refractivity contribution is 5.98. The van der Waals surface area contributed by atoms with E-state index < -0.39 is 11.5 Å². The lowest BCUT2D eigenvalue weighted by atomic mass is 9.86. The predicted octanol–water partition coefficient (Wildman–Crippen LogP) is 3.29. The van der Waals surface area contributed by atoms with E-state index in [1.54, 1.807) is 7.05 Å². The third kappa shape index (κ3) is 3.86. The zero-order valence-corrected chi connectivity index (χ0v) is 19.3. The van der Waals surface area contributed by atoms with Crippen molar-refractivity contribution in [1.29, 1.82) is 0 Å². The van der Waals surface area contributed by atoms with Gasteiger partial charge in [0, 0.05) is 30.7 Å². The molecule has 2 aliphatic carbocycles. The summed E-state index contributed by atoms with van der Waals surface area (Å²) in [6.07, 6.45) is 9.03. The first-order chi connectivity index (χ1) is 14.7. The highest BCUT2D eigenvalue weighted by Crippen LogP contribution is 2.57. The highest BCUT2D eigenvalue weighted by Gasteiger charge is 2.50. The first-order valence-electron chi connectivity index (χ1n) is 11.2. The van der Waals surface area contributed by atoms with E-state index in [9.17, 15) is 9.59 Å². The third-order valence-corrected chi connectivity index (χ3v) is 6.76. The highest BCUT2D eigenvalue weighted by atomic mass is 16.2. The number of likely N-dealkylation sites (N-methyl/N-ethyl adjacent to an activating group) is 1. The van der Waals surface area contributed by atoms with Gasteiger partial charge in [-0.15, -0.1) is 0 Å². The van der Waals surface area contributed by atoms with E-state index in [1.807, 2.05) is 37.7 Å². The summed E-state index contributed by atoms with van der Waals surface area (Å²) in [7, 11) is 1.59. The molecular formula is C24H33N5O2. The Kier molecular flexibility index (Phi) is 5.40. The van der Waals surface area contributed by atoms with Crippen molar-refractivity contribution < 1.29 is 9.59 Å². The number of amides is 2. The summed E-state index contributed by atoms with van der Waals surface area (Å²) in [5, 5.41) is 10.4. The van der Waals surface area contributed by atoms with Crippen LogP contribution in [0.3, 0.4) is 0 Å². The zero-order chi connectivity index (χ0) is 22.5. The monoisotopic (exact) mass is 423 g/mol. The molecular weight excluding hydrogens is 390 g/mol. The summed E-state index contributed by atoms with van der Waals surface area (Å²) in [5.74, 6) is 1.63. The van der Waals surface area contributed by atoms with Crippen LogP contribution in [0.15, 0.2) is 22.7 Å². The van der Waals surface area contributed by atoms with E-state index in [-0.39, 0.29) is 11.8 Å². The van der Waals surface area contributed by atoms with Crippen molar-refractivity contribution in [3.05, 3.63) is 34.7 Å². The predicted molar refractivity (Wildman–Crippen MR) is 122 cm³/mol. The molecule has 4 unspecified atom stereocenters. The number of carbonyl (C=O) groups excluding carboxylic acids is 2. The number of nitrogens with zero attached hydrogens (tertiary/aromatic N) is 3. The first-order valence-corrected chi connectivity index (χ1v) is 11.2. The Morgan fingerprint density at radius 1 is 1.32 bits per heavy atom. The molecule has 2 amide bonds. The molecule has 2 N–H and O–H groups in total. The molecule has 166 valence electrons. The Hall–Kier alpha value is -2.70. The molecule has 4 atom stereocenters. The number of carbonyl (C=O) groups is 2. The quantitative estimate of drug-likeness (QED) is 0.762. The molecule has 4 rings (SSSR count). The maximum absolute atomic E-state index is 13.3. The van der Waals surface area contributed by atoms with Crippen molar-refractivity contribution in [2.24, 2.45) is 22.2 Å². The molecule has 7 nitrogen and oxygen atoms in total. The minimum absolute atomic E-state index is 0.205. The molecule has 0 spiro atoms. The molecule has 0 aromatic carbocycles. The van der Waals surface area contributed by atoms with Gasteiger partial charge in [-0.05, 0) is 49.7 Å². The number of rotatable bonds is 5. The largest absolute Gasteiger partial charge is 0.357 e. The molecule has 1 aromatic heterocycles. The van der Waals surface area contributed by atoms with Crippen LogP contribution >= 0.6 is 0 Å². The molecule has 2 heterocycles. The lowest BCUT2D eigenvalue weighted by Crippen LogP contribution is -2.53. The van der Waals surface area contributed by atoms with Crippen molar-refractivity contribution >= 4 is 23.8 Å². The molecule has 1 fully saturated rings. The fourth-order valence-electron chi connectivity index (χ4n) is 4.77. The Balaban J connectivity index is 1.71. The smallest absolute Gasteiger partial charge is 0.272 e. The summed E-state index contributed by atoms with van der Waals surface area (Å²) in [4.78, 5) is 30.4.